The van der Waals surface area contributed by atoms with Crippen molar-refractivity contribution in [2.24, 2.45) is 59.0 Å². The van der Waals surface area contributed by atoms with Crippen molar-refractivity contribution < 1.29 is 25.2 Å². The van der Waals surface area contributed by atoms with Crippen LogP contribution < -0.4 is 11.1 Å². The number of nitrogens with one attached hydrogen (secondary N) is 2. The first-order chi connectivity index (χ1) is 28.4. The molecule has 0 amide bonds. The van der Waals surface area contributed by atoms with Crippen LogP contribution in [0.2, 0.25) is 0 Å². The number of carbonyl (C=O) groups is 1. The highest BCUT2D eigenvalue weighted by molar-refractivity contribution is 5.71. The van der Waals surface area contributed by atoms with Gasteiger partial charge in [0.2, 0.25) is 0 Å². The predicted octanol–water partition coefficient (Wildman–Crippen LogP) is 10.0. The van der Waals surface area contributed by atoms with Gasteiger partial charge < -0.3 is 36.5 Å². The molecule has 0 bridgehead atoms. The molecule has 0 unspecified atom stereocenters. The summed E-state index contributed by atoms with van der Waals surface area (Å²) in [4.78, 5) is 17.1. The first-order valence-electron chi connectivity index (χ1n) is 24.5. The largest absolute Gasteiger partial charge is 0.481 e. The number of H-pyrrole nitrogens is 1. The molecule has 1 aromatic heterocycles. The second-order valence-corrected chi connectivity index (χ2v) is 20.8. The number of aliphatic hydroxyl groups excluding tert-OH is 2. The number of aromatic amines is 1. The number of aryl methyl sites for hydroxylation is 1. The maximum Gasteiger partial charge on any atom is 0.309 e. The quantitative estimate of drug-likeness (QED) is 0.0688. The van der Waals surface area contributed by atoms with Crippen molar-refractivity contribution >= 4 is 5.97 Å². The summed E-state index contributed by atoms with van der Waals surface area (Å²) in [7, 11) is 0. The third-order valence-electron chi connectivity index (χ3n) is 17.1. The lowest BCUT2D eigenvalue weighted by atomic mass is 9.68. The van der Waals surface area contributed by atoms with E-state index in [0.29, 0.717) is 42.8 Å². The van der Waals surface area contributed by atoms with Crippen molar-refractivity contribution in [1.82, 2.24) is 10.3 Å². The molecule has 7 rings (SSSR count). The normalized spacial score (nSPS) is 37.2. The minimum atomic E-state index is -1.00. The van der Waals surface area contributed by atoms with Gasteiger partial charge in [0.15, 0.2) is 0 Å². The van der Waals surface area contributed by atoms with Gasteiger partial charge in [-0.1, -0.05) is 96.8 Å². The van der Waals surface area contributed by atoms with Crippen molar-refractivity contribution in [2.75, 3.05) is 6.54 Å². The molecular formula is C51H81N3O5. The molecule has 8 N–H and O–H groups in total. The second kappa shape index (κ2) is 20.1. The van der Waals surface area contributed by atoms with Crippen LogP contribution in [0.3, 0.4) is 0 Å². The Hall–Kier alpha value is -2.55. The zero-order valence-electron chi connectivity index (χ0n) is 36.9. The fraction of sp³-hybridized carbons (Fsp3) is 0.784. The molecule has 5 aliphatic carbocycles. The Labute approximate surface area is 356 Å². The van der Waals surface area contributed by atoms with Crippen molar-refractivity contribution in [2.45, 2.75) is 192 Å². The van der Waals surface area contributed by atoms with E-state index in [1.54, 1.807) is 0 Å². The average Bonchev–Trinajstić information content (AvgIpc) is 3.97. The van der Waals surface area contributed by atoms with Gasteiger partial charge >= 0.3 is 5.97 Å². The molecule has 8 nitrogen and oxygen atoms in total. The van der Waals surface area contributed by atoms with Gasteiger partial charge in [-0.2, -0.15) is 0 Å². The SMILES string of the molecule is CCCCC[C@H]1C=C[C@H](CCCC[C@H]2CC[C@@H](c3cc4c([nH]3)CC[C@H]([C@@H](C)C3CCCC3)[C@H]4C)[C@@H]3C[C@H](CC4=CCNC(N)=C4)C[C@@]3(O)CC[C@H](O)[C@H]2C(=O)O)[C@@H](O)C1. The maximum atomic E-state index is 13.1. The van der Waals surface area contributed by atoms with Crippen LogP contribution in [0.15, 0.2) is 41.8 Å². The van der Waals surface area contributed by atoms with Gasteiger partial charge in [-0.25, -0.2) is 0 Å². The Morgan fingerprint density at radius 3 is 2.49 bits per heavy atom. The van der Waals surface area contributed by atoms with Crippen LogP contribution in [0.5, 0.6) is 0 Å². The summed E-state index contributed by atoms with van der Waals surface area (Å²) in [6.07, 6.45) is 29.1. The van der Waals surface area contributed by atoms with Crippen LogP contribution in [-0.2, 0) is 11.2 Å². The molecule has 6 aliphatic rings. The summed E-state index contributed by atoms with van der Waals surface area (Å²) in [6, 6.07) is 2.48. The summed E-state index contributed by atoms with van der Waals surface area (Å²) in [5.41, 5.74) is 10.5. The van der Waals surface area contributed by atoms with Gasteiger partial charge in [0, 0.05) is 29.8 Å². The fourth-order valence-electron chi connectivity index (χ4n) is 13.7. The van der Waals surface area contributed by atoms with Crippen molar-refractivity contribution in [3.05, 3.63) is 58.7 Å². The molecule has 0 radical (unpaired) electrons. The van der Waals surface area contributed by atoms with Crippen molar-refractivity contribution in [3.8, 4) is 0 Å². The number of carboxylic acids is 1. The Bertz CT molecular complexity index is 1630. The number of hydrogen-bond donors (Lipinski definition) is 7. The summed E-state index contributed by atoms with van der Waals surface area (Å²) in [5.74, 6) is 2.51. The lowest BCUT2D eigenvalue weighted by Crippen LogP contribution is -2.42. The molecule has 330 valence electrons. The van der Waals surface area contributed by atoms with Crippen LogP contribution in [0, 0.1) is 53.3 Å². The zero-order valence-corrected chi connectivity index (χ0v) is 36.9. The molecule has 0 saturated heterocycles. The Morgan fingerprint density at radius 1 is 0.966 bits per heavy atom. The van der Waals surface area contributed by atoms with Gasteiger partial charge in [0.25, 0.3) is 0 Å². The number of aliphatic carboxylic acids is 1. The van der Waals surface area contributed by atoms with E-state index in [2.05, 4.69) is 55.4 Å². The summed E-state index contributed by atoms with van der Waals surface area (Å²) < 4.78 is 0. The molecule has 1 aliphatic heterocycles. The second-order valence-electron chi connectivity index (χ2n) is 20.8. The third kappa shape index (κ3) is 10.6. The maximum absolute atomic E-state index is 13.1. The number of unbranched alkanes of at least 4 members (excludes halogenated alkanes) is 3. The van der Waals surface area contributed by atoms with E-state index in [4.69, 9.17) is 5.73 Å². The summed E-state index contributed by atoms with van der Waals surface area (Å²) in [5, 5.41) is 49.5. The van der Waals surface area contributed by atoms with E-state index >= 15 is 0 Å². The highest BCUT2D eigenvalue weighted by Gasteiger charge is 2.51. The first kappa shape index (κ1) is 44.5. The fourth-order valence-corrected chi connectivity index (χ4v) is 13.7. The number of rotatable bonds is 15. The third-order valence-corrected chi connectivity index (χ3v) is 17.1. The smallest absolute Gasteiger partial charge is 0.309 e. The van der Waals surface area contributed by atoms with Crippen LogP contribution in [0.25, 0.3) is 0 Å². The van der Waals surface area contributed by atoms with E-state index < -0.39 is 23.6 Å². The molecule has 1 aromatic rings. The summed E-state index contributed by atoms with van der Waals surface area (Å²) >= 11 is 0. The monoisotopic (exact) mass is 816 g/mol. The number of nitrogens with two attached hydrogens (primary N) is 1. The number of aliphatic hydroxyl groups is 3. The topological polar surface area (TPSA) is 152 Å². The molecule has 8 heteroatoms. The Morgan fingerprint density at radius 2 is 1.75 bits per heavy atom. The zero-order chi connectivity index (χ0) is 41.7. The van der Waals surface area contributed by atoms with Crippen molar-refractivity contribution in [1.29, 1.82) is 0 Å². The Balaban J connectivity index is 1.11. The van der Waals surface area contributed by atoms with Gasteiger partial charge in [0.05, 0.1) is 29.5 Å². The highest BCUT2D eigenvalue weighted by atomic mass is 16.4. The first-order valence-corrected chi connectivity index (χ1v) is 24.5. The minimum Gasteiger partial charge on any atom is -0.481 e. The van der Waals surface area contributed by atoms with Crippen LogP contribution in [0.1, 0.15) is 184 Å². The Kier molecular flexibility index (Phi) is 15.2. The van der Waals surface area contributed by atoms with E-state index in [1.807, 2.05) is 6.08 Å². The van der Waals surface area contributed by atoms with E-state index in [1.165, 1.54) is 73.9 Å². The number of fused-ring (bicyclic) bond motifs is 2. The minimum absolute atomic E-state index is 0.0133. The summed E-state index contributed by atoms with van der Waals surface area (Å²) in [6.45, 7) is 7.92. The molecular weight excluding hydrogens is 735 g/mol. The standard InChI is InChI=1S/C51H81N3O5/c1-4-5-6-11-34-16-17-38(47(56)28-34)14-9-10-15-39-18-19-41(45-30-42-33(3)40(20-21-44(42)54-45)32(2)37-12-7-8-13-37)43-27-36(26-35-23-25-53-48(52)29-35)31-51(43,59)24-22-46(55)49(39)50(57)58/h16-17,23,29-30,32-34,36-41,43,46-47,49,53-56,59H,4-15,18-22,24-28,31,52H2,1-3H3,(H,57,58)/t32-,33+,34-,36-,38-,39-,40+,41+,43-,46-,47-,49-,51-/m0/s1. The van der Waals surface area contributed by atoms with Gasteiger partial charge in [-0.3, -0.25) is 4.79 Å². The molecule has 59 heavy (non-hydrogen) atoms. The molecule has 3 fully saturated rings. The van der Waals surface area contributed by atoms with Gasteiger partial charge in [0.1, 0.15) is 0 Å². The lowest BCUT2D eigenvalue weighted by molar-refractivity contribution is -0.150. The van der Waals surface area contributed by atoms with E-state index in [0.717, 1.165) is 82.6 Å². The van der Waals surface area contributed by atoms with E-state index in [9.17, 15) is 25.2 Å². The van der Waals surface area contributed by atoms with Crippen LogP contribution >= 0.6 is 0 Å². The lowest BCUT2D eigenvalue weighted by Gasteiger charge is -2.40. The molecule has 2 heterocycles. The van der Waals surface area contributed by atoms with Gasteiger partial charge in [-0.05, 0) is 154 Å². The number of hydrogen-bond acceptors (Lipinski definition) is 6. The number of dihydropyridines is 1. The van der Waals surface area contributed by atoms with Crippen molar-refractivity contribution in [3.63, 3.8) is 0 Å². The number of carboxylic acid groups (broad SMARTS) is 1. The molecule has 13 atom stereocenters. The molecule has 0 aromatic carbocycles. The predicted molar refractivity (Wildman–Crippen MR) is 237 cm³/mol. The number of allylic oxidation sites excluding steroid dienone is 3. The molecule has 0 spiro atoms. The van der Waals surface area contributed by atoms with Crippen LogP contribution in [-0.4, -0.2) is 55.7 Å². The van der Waals surface area contributed by atoms with Gasteiger partial charge in [-0.15, -0.1) is 0 Å². The van der Waals surface area contributed by atoms with E-state index in [-0.39, 0.29) is 42.1 Å². The highest BCUT2D eigenvalue weighted by Crippen LogP contribution is 2.55. The number of aromatic nitrogens is 1. The molecule has 3 saturated carbocycles. The average molecular weight is 816 g/mol. The van der Waals surface area contributed by atoms with Crippen LogP contribution in [0.4, 0.5) is 0 Å².